The highest BCUT2D eigenvalue weighted by Crippen LogP contribution is 2.61. The van der Waals surface area contributed by atoms with Gasteiger partial charge in [-0.3, -0.25) is 0 Å². The summed E-state index contributed by atoms with van der Waals surface area (Å²) < 4.78 is 0. The highest BCUT2D eigenvalue weighted by atomic mass is 32.1. The van der Waals surface area contributed by atoms with Crippen LogP contribution < -0.4 is 11.1 Å². The first-order chi connectivity index (χ1) is 8.20. The molecule has 1 heterocycles. The smallest absolute Gasteiger partial charge is 0.144 e. The SMILES string of the molecule is NC(=S)c1cnc(NCC2(C3CC3)CC2)cn1. The van der Waals surface area contributed by atoms with Crippen LogP contribution in [0.5, 0.6) is 0 Å². The molecule has 0 unspecified atom stereocenters. The highest BCUT2D eigenvalue weighted by molar-refractivity contribution is 7.80. The molecule has 0 aliphatic heterocycles. The van der Waals surface area contributed by atoms with E-state index in [9.17, 15) is 0 Å². The number of thiocarbonyl (C=S) groups is 1. The van der Waals surface area contributed by atoms with Crippen LogP contribution in [0.3, 0.4) is 0 Å². The van der Waals surface area contributed by atoms with Crippen molar-refractivity contribution in [1.29, 1.82) is 0 Å². The Balaban J connectivity index is 1.59. The first-order valence-corrected chi connectivity index (χ1v) is 6.46. The number of nitrogens with one attached hydrogen (secondary N) is 1. The van der Waals surface area contributed by atoms with E-state index in [0.29, 0.717) is 16.1 Å². The van der Waals surface area contributed by atoms with E-state index in [0.717, 1.165) is 18.3 Å². The molecule has 0 saturated heterocycles. The lowest BCUT2D eigenvalue weighted by molar-refractivity contribution is 0.466. The van der Waals surface area contributed by atoms with Gasteiger partial charge in [-0.2, -0.15) is 0 Å². The zero-order chi connectivity index (χ0) is 11.9. The minimum atomic E-state index is 0.292. The molecule has 2 aliphatic rings. The number of nitrogens with zero attached hydrogens (tertiary/aromatic N) is 2. The van der Waals surface area contributed by atoms with E-state index in [2.05, 4.69) is 15.3 Å². The van der Waals surface area contributed by atoms with Crippen LogP contribution in [0.25, 0.3) is 0 Å². The number of hydrogen-bond acceptors (Lipinski definition) is 4. The second-order valence-corrected chi connectivity index (χ2v) is 5.58. The van der Waals surface area contributed by atoms with Gasteiger partial charge in [0.25, 0.3) is 0 Å². The molecule has 3 N–H and O–H groups in total. The third kappa shape index (κ3) is 2.24. The normalized spacial score (nSPS) is 20.9. The minimum absolute atomic E-state index is 0.292. The monoisotopic (exact) mass is 248 g/mol. The first kappa shape index (κ1) is 10.9. The van der Waals surface area contributed by atoms with E-state index in [1.165, 1.54) is 25.7 Å². The number of nitrogens with two attached hydrogens (primary N) is 1. The first-order valence-electron chi connectivity index (χ1n) is 6.05. The maximum absolute atomic E-state index is 5.47. The zero-order valence-corrected chi connectivity index (χ0v) is 10.5. The predicted octanol–water partition coefficient (Wildman–Crippen LogP) is 1.71. The van der Waals surface area contributed by atoms with Gasteiger partial charge in [-0.25, -0.2) is 9.97 Å². The molecule has 17 heavy (non-hydrogen) atoms. The zero-order valence-electron chi connectivity index (χ0n) is 9.65. The van der Waals surface area contributed by atoms with Crippen molar-refractivity contribution in [3.8, 4) is 0 Å². The summed E-state index contributed by atoms with van der Waals surface area (Å²) in [6, 6.07) is 0. The number of hydrogen-bond donors (Lipinski definition) is 2. The maximum Gasteiger partial charge on any atom is 0.144 e. The summed E-state index contributed by atoms with van der Waals surface area (Å²) in [5.74, 6) is 1.77. The fourth-order valence-electron chi connectivity index (χ4n) is 2.40. The predicted molar refractivity (Wildman–Crippen MR) is 70.8 cm³/mol. The summed E-state index contributed by atoms with van der Waals surface area (Å²) in [5, 5.41) is 3.38. The number of anilines is 1. The van der Waals surface area contributed by atoms with Crippen LogP contribution in [0, 0.1) is 11.3 Å². The van der Waals surface area contributed by atoms with Gasteiger partial charge in [0.15, 0.2) is 0 Å². The Hall–Kier alpha value is -1.23. The fourth-order valence-corrected chi connectivity index (χ4v) is 2.50. The van der Waals surface area contributed by atoms with Crippen molar-refractivity contribution in [2.45, 2.75) is 25.7 Å². The highest BCUT2D eigenvalue weighted by Gasteiger charge is 2.53. The van der Waals surface area contributed by atoms with Gasteiger partial charge in [-0.05, 0) is 37.0 Å². The molecule has 0 amide bonds. The van der Waals surface area contributed by atoms with Crippen molar-refractivity contribution in [3.63, 3.8) is 0 Å². The van der Waals surface area contributed by atoms with Crippen molar-refractivity contribution in [2.75, 3.05) is 11.9 Å². The molecule has 2 saturated carbocycles. The van der Waals surface area contributed by atoms with E-state index in [1.54, 1.807) is 12.4 Å². The summed E-state index contributed by atoms with van der Waals surface area (Å²) in [4.78, 5) is 8.73. The molecule has 0 aromatic carbocycles. The molecule has 4 nitrogen and oxygen atoms in total. The van der Waals surface area contributed by atoms with Crippen molar-refractivity contribution in [2.24, 2.45) is 17.1 Å². The Labute approximate surface area is 106 Å². The lowest BCUT2D eigenvalue weighted by Gasteiger charge is -2.15. The average Bonchev–Trinajstić information content (AvgIpc) is 3.17. The summed E-state index contributed by atoms with van der Waals surface area (Å²) >= 11 is 4.84. The molecule has 1 aromatic heterocycles. The topological polar surface area (TPSA) is 63.8 Å². The van der Waals surface area contributed by atoms with Crippen LogP contribution in [0.15, 0.2) is 12.4 Å². The van der Waals surface area contributed by atoms with E-state index in [4.69, 9.17) is 18.0 Å². The van der Waals surface area contributed by atoms with Crippen molar-refractivity contribution in [3.05, 3.63) is 18.1 Å². The number of aromatic nitrogens is 2. The summed E-state index contributed by atoms with van der Waals surface area (Å²) in [6.45, 7) is 1.03. The molecule has 0 radical (unpaired) electrons. The van der Waals surface area contributed by atoms with Crippen molar-refractivity contribution < 1.29 is 0 Å². The molecule has 0 atom stereocenters. The Morgan fingerprint density at radius 2 is 2.18 bits per heavy atom. The molecule has 2 aliphatic carbocycles. The second kappa shape index (κ2) is 3.91. The molecule has 90 valence electrons. The molecule has 0 bridgehead atoms. The average molecular weight is 248 g/mol. The Morgan fingerprint density at radius 1 is 1.41 bits per heavy atom. The Kier molecular flexibility index (Phi) is 2.50. The van der Waals surface area contributed by atoms with Gasteiger partial charge in [0, 0.05) is 6.54 Å². The molecule has 5 heteroatoms. The standard InChI is InChI=1S/C12H16N4S/c13-11(17)9-5-15-10(6-14-9)16-7-12(3-4-12)8-1-2-8/h5-6,8H,1-4,7H2,(H2,13,17)(H,15,16). The van der Waals surface area contributed by atoms with Crippen molar-refractivity contribution in [1.82, 2.24) is 9.97 Å². The Bertz CT molecular complexity index is 434. The van der Waals surface area contributed by atoms with Gasteiger partial charge in [-0.15, -0.1) is 0 Å². The van der Waals surface area contributed by atoms with Crippen LogP contribution in [0.4, 0.5) is 5.82 Å². The minimum Gasteiger partial charge on any atom is -0.388 e. The van der Waals surface area contributed by atoms with Crippen LogP contribution in [0.2, 0.25) is 0 Å². The quantitative estimate of drug-likeness (QED) is 0.777. The van der Waals surface area contributed by atoms with E-state index in [1.807, 2.05) is 0 Å². The number of rotatable bonds is 5. The second-order valence-electron chi connectivity index (χ2n) is 5.14. The van der Waals surface area contributed by atoms with Gasteiger partial charge in [0.2, 0.25) is 0 Å². The fraction of sp³-hybridized carbons (Fsp3) is 0.583. The van der Waals surface area contributed by atoms with E-state index in [-0.39, 0.29) is 0 Å². The van der Waals surface area contributed by atoms with E-state index < -0.39 is 0 Å². The maximum atomic E-state index is 5.47. The largest absolute Gasteiger partial charge is 0.388 e. The van der Waals surface area contributed by atoms with Gasteiger partial charge < -0.3 is 11.1 Å². The summed E-state index contributed by atoms with van der Waals surface area (Å²) in [5.41, 5.74) is 6.62. The molecule has 1 aromatic rings. The third-order valence-corrected chi connectivity index (χ3v) is 4.07. The van der Waals surface area contributed by atoms with Gasteiger partial charge in [-0.1, -0.05) is 12.2 Å². The van der Waals surface area contributed by atoms with E-state index >= 15 is 0 Å². The lowest BCUT2D eigenvalue weighted by atomic mass is 10.0. The molecule has 3 rings (SSSR count). The Morgan fingerprint density at radius 3 is 2.65 bits per heavy atom. The molecular weight excluding hydrogens is 232 g/mol. The van der Waals surface area contributed by atoms with Gasteiger partial charge >= 0.3 is 0 Å². The molecule has 0 spiro atoms. The van der Waals surface area contributed by atoms with Crippen molar-refractivity contribution >= 4 is 23.0 Å². The molecular formula is C12H16N4S. The third-order valence-electron chi connectivity index (χ3n) is 3.86. The summed E-state index contributed by atoms with van der Waals surface area (Å²) in [6.07, 6.45) is 8.88. The van der Waals surface area contributed by atoms with Crippen LogP contribution >= 0.6 is 12.2 Å². The van der Waals surface area contributed by atoms with Crippen LogP contribution in [-0.2, 0) is 0 Å². The van der Waals surface area contributed by atoms with Crippen LogP contribution in [-0.4, -0.2) is 21.5 Å². The van der Waals surface area contributed by atoms with Gasteiger partial charge in [0.05, 0.1) is 12.4 Å². The lowest BCUT2D eigenvalue weighted by Crippen LogP contribution is -2.18. The van der Waals surface area contributed by atoms with Gasteiger partial charge in [0.1, 0.15) is 16.5 Å². The molecule has 2 fully saturated rings. The summed E-state index contributed by atoms with van der Waals surface area (Å²) in [7, 11) is 0. The van der Waals surface area contributed by atoms with Crippen LogP contribution in [0.1, 0.15) is 31.4 Å².